The summed E-state index contributed by atoms with van der Waals surface area (Å²) in [5, 5.41) is 0. The van der Waals surface area contributed by atoms with Gasteiger partial charge in [-0.05, 0) is 26.3 Å². The van der Waals surface area contributed by atoms with Crippen LogP contribution in [0.1, 0.15) is 20.8 Å². The third kappa shape index (κ3) is 2.05. The predicted molar refractivity (Wildman–Crippen MR) is 58.5 cm³/mol. The molecule has 0 aromatic carbocycles. The van der Waals surface area contributed by atoms with Crippen molar-refractivity contribution >= 4 is 19.2 Å². The maximum Gasteiger partial charge on any atom is 0.216 e. The molecule has 80 valence electrons. The van der Waals surface area contributed by atoms with E-state index in [1.807, 2.05) is 0 Å². The quantitative estimate of drug-likeness (QED) is 0.478. The van der Waals surface area contributed by atoms with E-state index in [4.69, 9.17) is 11.5 Å². The molecule has 5 heteroatoms. The van der Waals surface area contributed by atoms with Gasteiger partial charge in [0, 0.05) is 0 Å². The number of ketones is 1. The first-order valence-corrected chi connectivity index (χ1v) is 4.30. The number of nitrogens with zero attached hydrogens (tertiary/aromatic N) is 2. The summed E-state index contributed by atoms with van der Waals surface area (Å²) in [6, 6.07) is 0. The minimum Gasteiger partial charge on any atom is -0.307 e. The van der Waals surface area contributed by atoms with Crippen LogP contribution in [0.4, 0.5) is 0 Å². The molecule has 0 amide bonds. The molecular weight excluding hydrogens is 180 g/mol. The number of carbonyl (C=O) groups excluding carboxylic acids is 1. The summed E-state index contributed by atoms with van der Waals surface area (Å²) in [5.41, 5.74) is 8.57. The molecule has 14 heavy (non-hydrogen) atoms. The van der Waals surface area contributed by atoms with Gasteiger partial charge in [-0.15, -0.1) is 0 Å². The molecule has 0 saturated heterocycles. The second-order valence-corrected chi connectivity index (χ2v) is 3.75. The number of carbonyl (C=O) groups is 1. The summed E-state index contributed by atoms with van der Waals surface area (Å²) < 4.78 is 0. The van der Waals surface area contributed by atoms with Gasteiger partial charge in [0.15, 0.2) is 0 Å². The smallest absolute Gasteiger partial charge is 0.216 e. The lowest BCUT2D eigenvalue weighted by atomic mass is 9.87. The van der Waals surface area contributed by atoms with Crippen LogP contribution >= 0.6 is 0 Å². The molecule has 0 saturated carbocycles. The summed E-state index contributed by atoms with van der Waals surface area (Å²) in [4.78, 5) is 19.1. The highest BCUT2D eigenvalue weighted by Crippen LogP contribution is 2.21. The SMILES string of the molecule is C=NC(C)(N=C)C(=O)C(N)(N)C(C)C. The number of hydrogen-bond donors (Lipinski definition) is 2. The second-order valence-electron chi connectivity index (χ2n) is 3.75. The molecule has 0 unspecified atom stereocenters. The summed E-state index contributed by atoms with van der Waals surface area (Å²) in [6.45, 7) is 11.6. The first kappa shape index (κ1) is 12.9. The molecule has 0 aromatic heterocycles. The van der Waals surface area contributed by atoms with E-state index in [1.165, 1.54) is 6.92 Å². The van der Waals surface area contributed by atoms with Gasteiger partial charge in [0.05, 0.1) is 0 Å². The topological polar surface area (TPSA) is 93.8 Å². The van der Waals surface area contributed by atoms with Crippen molar-refractivity contribution in [3.63, 3.8) is 0 Å². The fourth-order valence-corrected chi connectivity index (χ4v) is 0.866. The van der Waals surface area contributed by atoms with Crippen LogP contribution in [0.2, 0.25) is 0 Å². The van der Waals surface area contributed by atoms with Crippen LogP contribution < -0.4 is 11.5 Å². The molecule has 0 spiro atoms. The van der Waals surface area contributed by atoms with Gasteiger partial charge in [0.2, 0.25) is 11.4 Å². The normalized spacial score (nSPS) is 12.7. The standard InChI is InChI=1S/C9H18N4O/c1-6(2)9(10,11)7(14)8(3,12-4)13-5/h6H,4-5,10-11H2,1-3H3. The van der Waals surface area contributed by atoms with Gasteiger partial charge in [-0.25, -0.2) is 0 Å². The molecular formula is C9H18N4O. The number of nitrogens with two attached hydrogens (primary N) is 2. The van der Waals surface area contributed by atoms with Gasteiger partial charge in [-0.3, -0.25) is 14.8 Å². The molecule has 0 aliphatic carbocycles. The van der Waals surface area contributed by atoms with Crippen molar-refractivity contribution < 1.29 is 4.79 Å². The summed E-state index contributed by atoms with van der Waals surface area (Å²) in [6.07, 6.45) is 0. The maximum atomic E-state index is 11.9. The highest BCUT2D eigenvalue weighted by molar-refractivity contribution is 5.96. The van der Waals surface area contributed by atoms with Gasteiger partial charge in [0.25, 0.3) is 0 Å². The van der Waals surface area contributed by atoms with E-state index in [0.717, 1.165) is 0 Å². The van der Waals surface area contributed by atoms with E-state index in [0.29, 0.717) is 0 Å². The fraction of sp³-hybridized carbons (Fsp3) is 0.667. The molecule has 5 nitrogen and oxygen atoms in total. The first-order chi connectivity index (χ1) is 6.22. The average molecular weight is 198 g/mol. The molecule has 0 aliphatic rings. The van der Waals surface area contributed by atoms with Crippen LogP contribution in [0.5, 0.6) is 0 Å². The lowest BCUT2D eigenvalue weighted by Gasteiger charge is -2.32. The van der Waals surface area contributed by atoms with E-state index in [9.17, 15) is 4.79 Å². The van der Waals surface area contributed by atoms with Crippen LogP contribution in [0.25, 0.3) is 0 Å². The third-order valence-corrected chi connectivity index (χ3v) is 2.39. The molecule has 4 N–H and O–H groups in total. The Hall–Kier alpha value is -1.07. The summed E-state index contributed by atoms with van der Waals surface area (Å²) in [5.74, 6) is -0.692. The van der Waals surface area contributed by atoms with Crippen LogP contribution in [-0.2, 0) is 4.79 Å². The number of hydrogen-bond acceptors (Lipinski definition) is 5. The van der Waals surface area contributed by atoms with E-state index in [2.05, 4.69) is 23.4 Å². The van der Waals surface area contributed by atoms with Crippen LogP contribution in [-0.4, -0.2) is 30.5 Å². The lowest BCUT2D eigenvalue weighted by molar-refractivity contribution is -0.130. The van der Waals surface area contributed by atoms with E-state index in [1.54, 1.807) is 13.8 Å². The Labute approximate surface area is 84.3 Å². The van der Waals surface area contributed by atoms with Crippen molar-refractivity contribution in [2.45, 2.75) is 32.1 Å². The van der Waals surface area contributed by atoms with Crippen molar-refractivity contribution in [2.24, 2.45) is 27.4 Å². The highest BCUT2D eigenvalue weighted by atomic mass is 16.1. The molecule has 0 fully saturated rings. The Kier molecular flexibility index (Phi) is 3.67. The Morgan fingerprint density at radius 3 is 1.86 bits per heavy atom. The van der Waals surface area contributed by atoms with Crippen molar-refractivity contribution in [2.75, 3.05) is 0 Å². The van der Waals surface area contributed by atoms with Crippen molar-refractivity contribution in [3.05, 3.63) is 0 Å². The molecule has 0 rings (SSSR count). The number of Topliss-reactive ketones (excluding diaryl/α,β-unsaturated/α-hetero) is 1. The number of rotatable bonds is 5. The van der Waals surface area contributed by atoms with Crippen molar-refractivity contribution in [3.8, 4) is 0 Å². The molecule has 0 aromatic rings. The Balaban J connectivity index is 5.13. The molecule has 0 aliphatic heterocycles. The summed E-state index contributed by atoms with van der Waals surface area (Å²) in [7, 11) is 0. The Bertz CT molecular complexity index is 250. The lowest BCUT2D eigenvalue weighted by Crippen LogP contribution is -2.65. The predicted octanol–water partition coefficient (Wildman–Crippen LogP) is -0.0574. The third-order valence-electron chi connectivity index (χ3n) is 2.39. The minimum absolute atomic E-state index is 0.210. The zero-order valence-electron chi connectivity index (χ0n) is 8.95. The Morgan fingerprint density at radius 2 is 1.64 bits per heavy atom. The molecule has 0 atom stereocenters. The zero-order chi connectivity index (χ0) is 11.6. The maximum absolute atomic E-state index is 11.9. The van der Waals surface area contributed by atoms with Crippen LogP contribution in [0.15, 0.2) is 9.98 Å². The van der Waals surface area contributed by atoms with Gasteiger partial charge in [0.1, 0.15) is 5.66 Å². The number of aliphatic imine (C=N–C) groups is 2. The van der Waals surface area contributed by atoms with Crippen LogP contribution in [0.3, 0.4) is 0 Å². The average Bonchev–Trinajstić information content (AvgIpc) is 2.15. The van der Waals surface area contributed by atoms with Crippen LogP contribution in [0, 0.1) is 5.92 Å². The molecule has 0 heterocycles. The van der Waals surface area contributed by atoms with Gasteiger partial charge < -0.3 is 11.5 Å². The fourth-order valence-electron chi connectivity index (χ4n) is 0.866. The molecule has 0 bridgehead atoms. The van der Waals surface area contributed by atoms with Gasteiger partial charge >= 0.3 is 0 Å². The first-order valence-electron chi connectivity index (χ1n) is 4.30. The molecule has 0 radical (unpaired) electrons. The second kappa shape index (κ2) is 3.98. The Morgan fingerprint density at radius 1 is 1.29 bits per heavy atom. The van der Waals surface area contributed by atoms with Crippen molar-refractivity contribution in [1.29, 1.82) is 0 Å². The van der Waals surface area contributed by atoms with Crippen molar-refractivity contribution in [1.82, 2.24) is 0 Å². The van der Waals surface area contributed by atoms with E-state index < -0.39 is 17.1 Å². The van der Waals surface area contributed by atoms with E-state index in [-0.39, 0.29) is 5.92 Å². The van der Waals surface area contributed by atoms with Gasteiger partial charge in [-0.1, -0.05) is 13.8 Å². The van der Waals surface area contributed by atoms with Gasteiger partial charge in [-0.2, -0.15) is 0 Å². The monoisotopic (exact) mass is 198 g/mol. The zero-order valence-corrected chi connectivity index (χ0v) is 8.95. The van der Waals surface area contributed by atoms with E-state index >= 15 is 0 Å². The minimum atomic E-state index is -1.46. The summed E-state index contributed by atoms with van der Waals surface area (Å²) >= 11 is 0. The largest absolute Gasteiger partial charge is 0.307 e. The highest BCUT2D eigenvalue weighted by Gasteiger charge is 2.44.